The van der Waals surface area contributed by atoms with Crippen molar-refractivity contribution < 1.29 is 4.74 Å². The van der Waals surface area contributed by atoms with Crippen LogP contribution in [-0.2, 0) is 4.74 Å². The lowest BCUT2D eigenvalue weighted by Crippen LogP contribution is -2.25. The highest BCUT2D eigenvalue weighted by Crippen LogP contribution is 2.26. The highest BCUT2D eigenvalue weighted by atomic mass is 35.5. The molecule has 0 aliphatic rings. The van der Waals surface area contributed by atoms with E-state index in [1.807, 2.05) is 31.2 Å². The number of aryl methyl sites for hydroxylation is 1. The molecule has 0 spiro atoms. The van der Waals surface area contributed by atoms with Crippen LogP contribution >= 0.6 is 22.9 Å². The first-order chi connectivity index (χ1) is 9.20. The smallest absolute Gasteiger partial charge is 0.114 e. The molecule has 1 heterocycles. The molecule has 0 saturated carbocycles. The zero-order valence-corrected chi connectivity index (χ0v) is 12.6. The van der Waals surface area contributed by atoms with Gasteiger partial charge in [-0.1, -0.05) is 23.7 Å². The van der Waals surface area contributed by atoms with Crippen molar-refractivity contribution in [1.82, 2.24) is 10.3 Å². The Morgan fingerprint density at radius 2 is 2.11 bits per heavy atom. The van der Waals surface area contributed by atoms with Crippen LogP contribution in [0.15, 0.2) is 29.6 Å². The predicted molar refractivity (Wildman–Crippen MR) is 80.0 cm³/mol. The average molecular weight is 297 g/mol. The Balaban J connectivity index is 2.20. The third-order valence-electron chi connectivity index (χ3n) is 2.74. The first-order valence-electron chi connectivity index (χ1n) is 6.10. The number of ether oxygens (including phenoxy) is 1. The first-order valence-corrected chi connectivity index (χ1v) is 7.36. The Morgan fingerprint density at radius 1 is 1.37 bits per heavy atom. The second kappa shape index (κ2) is 7.01. The molecule has 0 aliphatic heterocycles. The molecule has 102 valence electrons. The number of rotatable bonds is 6. The SMILES string of the molecule is COCCNC(c1ccc(Cl)cc1)c1nc(C)cs1. The molecule has 0 aliphatic carbocycles. The maximum atomic E-state index is 5.94. The lowest BCUT2D eigenvalue weighted by atomic mass is 10.1. The summed E-state index contributed by atoms with van der Waals surface area (Å²) in [4.78, 5) is 4.57. The number of nitrogens with zero attached hydrogens (tertiary/aromatic N) is 1. The number of halogens is 1. The van der Waals surface area contributed by atoms with Crippen molar-refractivity contribution >= 4 is 22.9 Å². The molecule has 0 saturated heterocycles. The Hall–Kier alpha value is -0.940. The van der Waals surface area contributed by atoms with Crippen molar-refractivity contribution in [2.45, 2.75) is 13.0 Å². The van der Waals surface area contributed by atoms with E-state index in [4.69, 9.17) is 16.3 Å². The largest absolute Gasteiger partial charge is 0.383 e. The summed E-state index contributed by atoms with van der Waals surface area (Å²) in [6.45, 7) is 3.46. The fourth-order valence-corrected chi connectivity index (χ4v) is 2.84. The van der Waals surface area contributed by atoms with Crippen molar-refractivity contribution in [3.8, 4) is 0 Å². The monoisotopic (exact) mass is 296 g/mol. The zero-order chi connectivity index (χ0) is 13.7. The molecule has 5 heteroatoms. The van der Waals surface area contributed by atoms with Gasteiger partial charge in [-0.25, -0.2) is 4.98 Å². The third-order valence-corrected chi connectivity index (χ3v) is 4.02. The third kappa shape index (κ3) is 4.01. The van der Waals surface area contributed by atoms with Gasteiger partial charge in [0.25, 0.3) is 0 Å². The molecule has 0 bridgehead atoms. The first kappa shape index (κ1) is 14.5. The molecule has 1 atom stereocenters. The summed E-state index contributed by atoms with van der Waals surface area (Å²) in [7, 11) is 1.70. The number of aromatic nitrogens is 1. The van der Waals surface area contributed by atoms with Crippen LogP contribution in [-0.4, -0.2) is 25.2 Å². The molecule has 1 aromatic carbocycles. The van der Waals surface area contributed by atoms with Crippen molar-refractivity contribution in [3.05, 3.63) is 50.9 Å². The minimum absolute atomic E-state index is 0.0890. The van der Waals surface area contributed by atoms with Crippen molar-refractivity contribution in [1.29, 1.82) is 0 Å². The molecule has 0 fully saturated rings. The fraction of sp³-hybridized carbons (Fsp3) is 0.357. The van der Waals surface area contributed by atoms with E-state index in [9.17, 15) is 0 Å². The highest BCUT2D eigenvalue weighted by Gasteiger charge is 2.16. The molecular formula is C14H17ClN2OS. The average Bonchev–Trinajstić information content (AvgIpc) is 2.83. The van der Waals surface area contributed by atoms with E-state index in [1.54, 1.807) is 18.4 Å². The summed E-state index contributed by atoms with van der Waals surface area (Å²) < 4.78 is 5.09. The van der Waals surface area contributed by atoms with Gasteiger partial charge in [0.1, 0.15) is 5.01 Å². The van der Waals surface area contributed by atoms with Gasteiger partial charge >= 0.3 is 0 Å². The summed E-state index contributed by atoms with van der Waals surface area (Å²) in [6.07, 6.45) is 0. The topological polar surface area (TPSA) is 34.1 Å². The van der Waals surface area contributed by atoms with Crippen LogP contribution in [0.2, 0.25) is 5.02 Å². The van der Waals surface area contributed by atoms with E-state index in [0.29, 0.717) is 6.61 Å². The minimum atomic E-state index is 0.0890. The van der Waals surface area contributed by atoms with Gasteiger partial charge in [-0.2, -0.15) is 0 Å². The van der Waals surface area contributed by atoms with Gasteiger partial charge in [-0.15, -0.1) is 11.3 Å². The Labute approximate surface area is 122 Å². The predicted octanol–water partition coefficient (Wildman–Crippen LogP) is 3.43. The Bertz CT molecular complexity index is 512. The van der Waals surface area contributed by atoms with Crippen LogP contribution in [0.3, 0.4) is 0 Å². The van der Waals surface area contributed by atoms with Crippen molar-refractivity contribution in [2.24, 2.45) is 0 Å². The van der Waals surface area contributed by atoms with Crippen molar-refractivity contribution in [3.63, 3.8) is 0 Å². The molecule has 1 unspecified atom stereocenters. The summed E-state index contributed by atoms with van der Waals surface area (Å²) in [5.41, 5.74) is 2.21. The lowest BCUT2D eigenvalue weighted by molar-refractivity contribution is 0.197. The quantitative estimate of drug-likeness (QED) is 0.829. The molecule has 2 aromatic rings. The molecule has 1 N–H and O–H groups in total. The molecule has 1 aromatic heterocycles. The van der Waals surface area contributed by atoms with E-state index < -0.39 is 0 Å². The molecular weight excluding hydrogens is 280 g/mol. The summed E-state index contributed by atoms with van der Waals surface area (Å²) in [5.74, 6) is 0. The van der Waals surface area contributed by atoms with E-state index >= 15 is 0 Å². The Morgan fingerprint density at radius 3 is 2.68 bits per heavy atom. The zero-order valence-electron chi connectivity index (χ0n) is 11.0. The van der Waals surface area contributed by atoms with Gasteiger partial charge in [0, 0.05) is 29.8 Å². The van der Waals surface area contributed by atoms with Gasteiger partial charge in [-0.3, -0.25) is 0 Å². The molecule has 19 heavy (non-hydrogen) atoms. The number of methoxy groups -OCH3 is 1. The van der Waals surface area contributed by atoms with Crippen LogP contribution in [0.25, 0.3) is 0 Å². The Kier molecular flexibility index (Phi) is 5.34. The van der Waals surface area contributed by atoms with Gasteiger partial charge in [0.05, 0.1) is 12.6 Å². The number of hydrogen-bond donors (Lipinski definition) is 1. The van der Waals surface area contributed by atoms with E-state index in [2.05, 4.69) is 15.7 Å². The van der Waals surface area contributed by atoms with Crippen LogP contribution < -0.4 is 5.32 Å². The van der Waals surface area contributed by atoms with Gasteiger partial charge in [0.2, 0.25) is 0 Å². The maximum absolute atomic E-state index is 5.94. The van der Waals surface area contributed by atoms with Crippen LogP contribution in [0.1, 0.15) is 22.3 Å². The summed E-state index contributed by atoms with van der Waals surface area (Å²) >= 11 is 7.61. The number of hydrogen-bond acceptors (Lipinski definition) is 4. The lowest BCUT2D eigenvalue weighted by Gasteiger charge is -2.17. The second-order valence-corrected chi connectivity index (χ2v) is 5.58. The van der Waals surface area contributed by atoms with Crippen LogP contribution in [0.5, 0.6) is 0 Å². The van der Waals surface area contributed by atoms with E-state index in [0.717, 1.165) is 27.8 Å². The van der Waals surface area contributed by atoms with E-state index in [-0.39, 0.29) is 6.04 Å². The maximum Gasteiger partial charge on any atom is 0.114 e. The second-order valence-electron chi connectivity index (χ2n) is 4.26. The summed E-state index contributed by atoms with van der Waals surface area (Å²) in [5, 5.41) is 7.34. The standard InChI is InChI=1S/C14H17ClN2OS/c1-10-9-19-14(17-10)13(16-7-8-18-2)11-3-5-12(15)6-4-11/h3-6,9,13,16H,7-8H2,1-2H3. The fourth-order valence-electron chi connectivity index (χ4n) is 1.81. The van der Waals surface area contributed by atoms with Gasteiger partial charge < -0.3 is 10.1 Å². The normalized spacial score (nSPS) is 12.6. The van der Waals surface area contributed by atoms with Crippen LogP contribution in [0, 0.1) is 6.92 Å². The van der Waals surface area contributed by atoms with Gasteiger partial charge in [-0.05, 0) is 24.6 Å². The number of thiazole rings is 1. The van der Waals surface area contributed by atoms with E-state index in [1.165, 1.54) is 0 Å². The van der Waals surface area contributed by atoms with Crippen molar-refractivity contribution in [2.75, 3.05) is 20.3 Å². The summed E-state index contributed by atoms with van der Waals surface area (Å²) in [6, 6.07) is 7.96. The highest BCUT2D eigenvalue weighted by molar-refractivity contribution is 7.09. The minimum Gasteiger partial charge on any atom is -0.383 e. The molecule has 0 amide bonds. The molecule has 3 nitrogen and oxygen atoms in total. The molecule has 2 rings (SSSR count). The number of nitrogens with one attached hydrogen (secondary N) is 1. The molecule has 0 radical (unpaired) electrons. The van der Waals surface area contributed by atoms with Crippen LogP contribution in [0.4, 0.5) is 0 Å². The number of benzene rings is 1. The van der Waals surface area contributed by atoms with Gasteiger partial charge in [0.15, 0.2) is 0 Å².